The molecule has 0 aliphatic carbocycles. The van der Waals surface area contributed by atoms with E-state index in [1.165, 1.54) is 11.8 Å². The molecule has 0 spiro atoms. The van der Waals surface area contributed by atoms with E-state index in [1.54, 1.807) is 13.2 Å². The third-order valence-electron chi connectivity index (χ3n) is 7.41. The Balaban J connectivity index is 0.000000520. The van der Waals surface area contributed by atoms with Gasteiger partial charge in [-0.2, -0.15) is 0 Å². The van der Waals surface area contributed by atoms with Gasteiger partial charge in [0.1, 0.15) is 29.9 Å². The van der Waals surface area contributed by atoms with Gasteiger partial charge in [0, 0.05) is 19.4 Å². The average Bonchev–Trinajstić information content (AvgIpc) is 3.26. The van der Waals surface area contributed by atoms with Crippen LogP contribution in [0.15, 0.2) is 0 Å². The van der Waals surface area contributed by atoms with Crippen LogP contribution in [0.4, 0.5) is 0 Å². The van der Waals surface area contributed by atoms with Gasteiger partial charge in [0.15, 0.2) is 0 Å². The lowest BCUT2D eigenvalue weighted by atomic mass is 9.92. The van der Waals surface area contributed by atoms with E-state index < -0.39 is 53.2 Å². The number of ether oxygens (including phenoxy) is 1. The Hall–Kier alpha value is -1.15. The summed E-state index contributed by atoms with van der Waals surface area (Å²) in [5.41, 5.74) is -0.702. The molecule has 234 valence electrons. The van der Waals surface area contributed by atoms with Crippen molar-refractivity contribution in [3.63, 3.8) is 0 Å². The molecule has 9 atom stereocenters. The van der Waals surface area contributed by atoms with E-state index in [1.807, 2.05) is 11.9 Å². The molecule has 2 heterocycles. The zero-order valence-corrected chi connectivity index (χ0v) is 25.6. The van der Waals surface area contributed by atoms with Crippen LogP contribution >= 0.6 is 23.4 Å². The lowest BCUT2D eigenvalue weighted by Crippen LogP contribution is -2.65. The highest BCUT2D eigenvalue weighted by Gasteiger charge is 2.48. The predicted octanol–water partition coefficient (Wildman–Crippen LogP) is 2.28. The quantitative estimate of drug-likeness (QED) is 0.118. The fourth-order valence-corrected chi connectivity index (χ4v) is 6.08. The van der Waals surface area contributed by atoms with E-state index >= 15 is 0 Å². The van der Waals surface area contributed by atoms with Gasteiger partial charge in [-0.3, -0.25) is 19.3 Å². The smallest absolute Gasteiger partial charge is 0.303 e. The molecule has 40 heavy (non-hydrogen) atoms. The lowest BCUT2D eigenvalue weighted by Gasteiger charge is -2.44. The number of carbonyl (C=O) groups excluding carboxylic acids is 1. The monoisotopic (exact) mass is 612 g/mol. The lowest BCUT2D eigenvalue weighted by molar-refractivity contribution is -0.205. The molecule has 6 N–H and O–H groups in total. The van der Waals surface area contributed by atoms with Gasteiger partial charge in [-0.15, -0.1) is 23.4 Å². The molecule has 0 radical (unpaired) electrons. The first-order valence-corrected chi connectivity index (χ1v) is 15.9. The summed E-state index contributed by atoms with van der Waals surface area (Å²) in [6.45, 7) is 4.74. The van der Waals surface area contributed by atoms with Crippen LogP contribution < -0.4 is 5.32 Å². The number of unbranched alkanes of at least 4 members (excludes halogenated alkanes) is 4. The molecule has 11 nitrogen and oxygen atoms in total. The molecule has 2 rings (SSSR count). The van der Waals surface area contributed by atoms with Crippen molar-refractivity contribution in [3.05, 3.63) is 0 Å². The number of rotatable bonds is 15. The van der Waals surface area contributed by atoms with Crippen molar-refractivity contribution in [2.24, 2.45) is 5.92 Å². The number of nitrogens with zero attached hydrogens (tertiary/aromatic N) is 1. The Labute approximate surface area is 247 Å². The number of carboxylic acid groups (broad SMARTS) is 2. The third-order valence-corrected chi connectivity index (χ3v) is 8.54. The van der Waals surface area contributed by atoms with Crippen LogP contribution in [0.5, 0.6) is 0 Å². The summed E-state index contributed by atoms with van der Waals surface area (Å²) in [4.78, 5) is 35.1. The summed E-state index contributed by atoms with van der Waals surface area (Å²) in [7, 11) is 1.94. The number of amides is 1. The molecule has 0 aromatic rings. The number of aliphatic carboxylic acids is 2. The normalized spacial score (nSPS) is 30.1. The number of thioether (sulfide) groups is 1. The number of likely N-dealkylation sites (N-methyl/N-ethyl adjacent to an activating group) is 1. The highest BCUT2D eigenvalue weighted by Crippen LogP contribution is 2.31. The van der Waals surface area contributed by atoms with Crippen molar-refractivity contribution < 1.29 is 44.7 Å². The summed E-state index contributed by atoms with van der Waals surface area (Å²) >= 11 is 7.55. The maximum Gasteiger partial charge on any atom is 0.303 e. The first kappa shape index (κ1) is 36.9. The van der Waals surface area contributed by atoms with Crippen LogP contribution in [-0.4, -0.2) is 115 Å². The van der Waals surface area contributed by atoms with E-state index in [4.69, 9.17) is 26.6 Å². The Morgan fingerprint density at radius 1 is 1.00 bits per heavy atom. The average molecular weight is 613 g/mol. The van der Waals surface area contributed by atoms with Crippen LogP contribution in [0.25, 0.3) is 0 Å². The molecule has 0 aromatic carbocycles. The number of carbonyl (C=O) groups is 3. The number of hydrogen-bond donors (Lipinski definition) is 6. The number of aliphatic hydroxyl groups is 3. The van der Waals surface area contributed by atoms with E-state index in [9.17, 15) is 29.7 Å². The minimum Gasteiger partial charge on any atom is -0.481 e. The molecule has 1 amide bonds. The highest BCUT2D eigenvalue weighted by atomic mass is 35.5. The van der Waals surface area contributed by atoms with E-state index in [-0.39, 0.29) is 24.8 Å². The fraction of sp³-hybridized carbons (Fsp3) is 0.889. The van der Waals surface area contributed by atoms with Crippen LogP contribution in [-0.2, 0) is 19.1 Å². The van der Waals surface area contributed by atoms with Crippen LogP contribution in [0.3, 0.4) is 0 Å². The number of nitrogens with one attached hydrogen (secondary N) is 1. The standard InChI is InChI=1S/C18H33ClN2O5S.C9H16O4/c1-5-6-10-7-11(21(3)8-10)17(25)20-12(9(2)19)16-14(23)13(22)15(24)18(26-16)27-4;10-8(11)6-4-2-1-3-5-7-9(12)13/h9-16,18,22-24H,5-8H2,1-4H3,(H,20,25);1-7H2,(H,10,11)(H,12,13)/t9-,10+,11-,12+,13-,14+,15+,16+,18+;/m0./s1. The number of carboxylic acids is 2. The topological polar surface area (TPSA) is 177 Å². The van der Waals surface area contributed by atoms with Crippen molar-refractivity contribution in [2.45, 2.75) is 125 Å². The number of alkyl halides is 1. The maximum atomic E-state index is 12.9. The number of hydrogen-bond acceptors (Lipinski definition) is 9. The summed E-state index contributed by atoms with van der Waals surface area (Å²) in [6, 6.07) is -0.934. The zero-order valence-electron chi connectivity index (χ0n) is 24.1. The Bertz CT molecular complexity index is 758. The fourth-order valence-electron chi connectivity index (χ4n) is 5.20. The van der Waals surface area contributed by atoms with Gasteiger partial charge in [0.05, 0.1) is 17.5 Å². The summed E-state index contributed by atoms with van der Waals surface area (Å²) in [5.74, 6) is -1.17. The highest BCUT2D eigenvalue weighted by molar-refractivity contribution is 7.99. The molecule has 0 saturated carbocycles. The molecule has 13 heteroatoms. The molecule has 0 bridgehead atoms. The van der Waals surface area contributed by atoms with Crippen molar-refractivity contribution in [3.8, 4) is 0 Å². The van der Waals surface area contributed by atoms with Crippen LogP contribution in [0.1, 0.15) is 78.1 Å². The van der Waals surface area contributed by atoms with Crippen molar-refractivity contribution in [2.75, 3.05) is 19.8 Å². The second kappa shape index (κ2) is 19.1. The Kier molecular flexibility index (Phi) is 17.6. The predicted molar refractivity (Wildman–Crippen MR) is 154 cm³/mol. The Morgan fingerprint density at radius 2 is 1.55 bits per heavy atom. The van der Waals surface area contributed by atoms with Crippen molar-refractivity contribution in [1.29, 1.82) is 0 Å². The zero-order chi connectivity index (χ0) is 30.4. The van der Waals surface area contributed by atoms with Crippen molar-refractivity contribution in [1.82, 2.24) is 10.2 Å². The van der Waals surface area contributed by atoms with E-state index in [2.05, 4.69) is 12.2 Å². The first-order chi connectivity index (χ1) is 18.8. The van der Waals surface area contributed by atoms with Gasteiger partial charge in [0.2, 0.25) is 5.91 Å². The van der Waals surface area contributed by atoms with Crippen LogP contribution in [0.2, 0.25) is 0 Å². The number of likely N-dealkylation sites (tertiary alicyclic amines) is 1. The van der Waals surface area contributed by atoms with Crippen molar-refractivity contribution >= 4 is 41.2 Å². The molecule has 2 fully saturated rings. The minimum atomic E-state index is -1.36. The number of halogens is 1. The Morgan fingerprint density at radius 3 is 2.02 bits per heavy atom. The molecule has 2 aliphatic rings. The van der Waals surface area contributed by atoms with Gasteiger partial charge >= 0.3 is 11.9 Å². The van der Waals surface area contributed by atoms with E-state index in [0.29, 0.717) is 18.8 Å². The SMILES string of the molecule is CCC[C@@H]1C[C@@H](C(=O)N[C@@H]([C@H]2O[C@H](SC)[C@H](O)[C@@H](O)[C@H]2O)[C@H](C)Cl)N(C)C1.O=C(O)CCCCCCCC(=O)O. The van der Waals surface area contributed by atoms with Gasteiger partial charge in [0.25, 0.3) is 0 Å². The van der Waals surface area contributed by atoms with E-state index in [0.717, 1.165) is 45.1 Å². The molecular formula is C27H49ClN2O9S. The first-order valence-electron chi connectivity index (χ1n) is 14.1. The second-order valence-electron chi connectivity index (χ2n) is 10.8. The van der Waals surface area contributed by atoms with Crippen LogP contribution in [0, 0.1) is 5.92 Å². The summed E-state index contributed by atoms with van der Waals surface area (Å²) in [6.07, 6.45) is 4.43. The third kappa shape index (κ3) is 12.4. The number of aliphatic hydroxyl groups excluding tert-OH is 3. The molecule has 2 saturated heterocycles. The second-order valence-corrected chi connectivity index (χ2v) is 12.4. The maximum absolute atomic E-state index is 12.9. The van der Waals surface area contributed by atoms with Gasteiger partial charge in [-0.25, -0.2) is 0 Å². The summed E-state index contributed by atoms with van der Waals surface area (Å²) in [5, 5.41) is 49.6. The van der Waals surface area contributed by atoms with Gasteiger partial charge in [-0.05, 0) is 51.8 Å². The largest absolute Gasteiger partial charge is 0.481 e. The van der Waals surface area contributed by atoms with Gasteiger partial charge < -0.3 is 35.6 Å². The summed E-state index contributed by atoms with van der Waals surface area (Å²) < 4.78 is 5.79. The molecule has 2 aliphatic heterocycles. The minimum absolute atomic E-state index is 0.147. The molecule has 0 unspecified atom stereocenters. The molecular weight excluding hydrogens is 564 g/mol. The van der Waals surface area contributed by atoms with Gasteiger partial charge in [-0.1, -0.05) is 32.6 Å². The molecule has 0 aromatic heterocycles.